The standard InChI is InChI=1S/C11H15N5O2.ClH/c1-3-16-10(7(2)5-13-16)15-11(17)8-6-18-9(4-12)14-8;/h5-6H,3-4,12H2,1-2H3,(H,15,17);1H. The summed E-state index contributed by atoms with van der Waals surface area (Å²) in [5.74, 6) is 0.664. The van der Waals surface area contributed by atoms with Gasteiger partial charge < -0.3 is 15.5 Å². The minimum atomic E-state index is -0.336. The summed E-state index contributed by atoms with van der Waals surface area (Å²) in [7, 11) is 0. The number of nitrogens with zero attached hydrogens (tertiary/aromatic N) is 3. The number of anilines is 1. The van der Waals surface area contributed by atoms with E-state index in [0.29, 0.717) is 18.3 Å². The molecule has 2 aromatic heterocycles. The normalized spacial score (nSPS) is 10.1. The maximum atomic E-state index is 11.9. The molecule has 2 rings (SSSR count). The third-order valence-corrected chi connectivity index (χ3v) is 2.51. The molecule has 0 spiro atoms. The summed E-state index contributed by atoms with van der Waals surface area (Å²) in [5.41, 5.74) is 6.47. The molecule has 8 heteroatoms. The maximum Gasteiger partial charge on any atom is 0.278 e. The van der Waals surface area contributed by atoms with Gasteiger partial charge in [0.15, 0.2) is 5.69 Å². The second-order valence-corrected chi connectivity index (χ2v) is 3.78. The zero-order valence-electron chi connectivity index (χ0n) is 10.7. The van der Waals surface area contributed by atoms with Crippen LogP contribution in [0.5, 0.6) is 0 Å². The van der Waals surface area contributed by atoms with Crippen molar-refractivity contribution in [3.8, 4) is 0 Å². The number of aryl methyl sites for hydroxylation is 2. The predicted molar refractivity (Wildman–Crippen MR) is 72.2 cm³/mol. The van der Waals surface area contributed by atoms with Gasteiger partial charge >= 0.3 is 0 Å². The molecule has 0 atom stereocenters. The van der Waals surface area contributed by atoms with Gasteiger partial charge in [-0.25, -0.2) is 9.67 Å². The summed E-state index contributed by atoms with van der Waals surface area (Å²) in [4.78, 5) is 15.9. The van der Waals surface area contributed by atoms with E-state index in [1.165, 1.54) is 6.26 Å². The van der Waals surface area contributed by atoms with E-state index in [1.54, 1.807) is 10.9 Å². The van der Waals surface area contributed by atoms with Gasteiger partial charge in [0.05, 0.1) is 12.7 Å². The van der Waals surface area contributed by atoms with Crippen LogP contribution < -0.4 is 11.1 Å². The van der Waals surface area contributed by atoms with Crippen molar-refractivity contribution in [2.75, 3.05) is 5.32 Å². The molecule has 7 nitrogen and oxygen atoms in total. The minimum absolute atomic E-state index is 0. The number of carbonyl (C=O) groups is 1. The van der Waals surface area contributed by atoms with E-state index in [1.807, 2.05) is 13.8 Å². The number of nitrogens with one attached hydrogen (secondary N) is 1. The smallest absolute Gasteiger partial charge is 0.278 e. The molecule has 0 saturated carbocycles. The van der Waals surface area contributed by atoms with Crippen LogP contribution in [0.2, 0.25) is 0 Å². The van der Waals surface area contributed by atoms with Gasteiger partial charge in [0, 0.05) is 12.1 Å². The third-order valence-electron chi connectivity index (χ3n) is 2.51. The first-order valence-corrected chi connectivity index (χ1v) is 5.64. The Bertz CT molecular complexity index is 563. The fourth-order valence-electron chi connectivity index (χ4n) is 1.56. The van der Waals surface area contributed by atoms with E-state index in [0.717, 1.165) is 5.56 Å². The van der Waals surface area contributed by atoms with Crippen molar-refractivity contribution in [1.29, 1.82) is 0 Å². The number of oxazole rings is 1. The molecule has 2 heterocycles. The van der Waals surface area contributed by atoms with Crippen LogP contribution in [0.25, 0.3) is 0 Å². The number of hydrogen-bond donors (Lipinski definition) is 2. The Hall–Kier alpha value is -1.86. The third kappa shape index (κ3) is 3.12. The predicted octanol–water partition coefficient (Wildman–Crippen LogP) is 1.33. The Morgan fingerprint density at radius 1 is 1.58 bits per heavy atom. The Balaban J connectivity index is 0.00000180. The van der Waals surface area contributed by atoms with Crippen molar-refractivity contribution < 1.29 is 9.21 Å². The summed E-state index contributed by atoms with van der Waals surface area (Å²) in [5, 5.41) is 6.90. The molecule has 0 fully saturated rings. The number of nitrogens with two attached hydrogens (primary N) is 1. The van der Waals surface area contributed by atoms with Crippen molar-refractivity contribution in [3.05, 3.63) is 29.6 Å². The van der Waals surface area contributed by atoms with Crippen LogP contribution in [0, 0.1) is 6.92 Å². The first kappa shape index (κ1) is 15.2. The highest BCUT2D eigenvalue weighted by molar-refractivity contribution is 6.02. The summed E-state index contributed by atoms with van der Waals surface area (Å²) in [6.45, 7) is 4.67. The van der Waals surface area contributed by atoms with Crippen LogP contribution in [0.3, 0.4) is 0 Å². The molecule has 0 saturated heterocycles. The monoisotopic (exact) mass is 285 g/mol. The van der Waals surface area contributed by atoms with Crippen LogP contribution >= 0.6 is 12.4 Å². The van der Waals surface area contributed by atoms with Gasteiger partial charge in [0.25, 0.3) is 5.91 Å². The lowest BCUT2D eigenvalue weighted by molar-refractivity contribution is 0.102. The quantitative estimate of drug-likeness (QED) is 0.883. The summed E-state index contributed by atoms with van der Waals surface area (Å²) >= 11 is 0. The van der Waals surface area contributed by atoms with Crippen molar-refractivity contribution in [2.24, 2.45) is 5.73 Å². The molecule has 0 aromatic carbocycles. The molecule has 3 N–H and O–H groups in total. The highest BCUT2D eigenvalue weighted by atomic mass is 35.5. The largest absolute Gasteiger partial charge is 0.447 e. The Kier molecular flexibility index (Phi) is 5.08. The number of amides is 1. The Morgan fingerprint density at radius 3 is 2.89 bits per heavy atom. The number of rotatable bonds is 4. The minimum Gasteiger partial charge on any atom is -0.447 e. The molecule has 0 bridgehead atoms. The van der Waals surface area contributed by atoms with E-state index in [-0.39, 0.29) is 30.6 Å². The second-order valence-electron chi connectivity index (χ2n) is 3.78. The van der Waals surface area contributed by atoms with Crippen LogP contribution in [0.15, 0.2) is 16.9 Å². The maximum absolute atomic E-state index is 11.9. The average molecular weight is 286 g/mol. The van der Waals surface area contributed by atoms with Crippen molar-refractivity contribution >= 4 is 24.1 Å². The van der Waals surface area contributed by atoms with Gasteiger partial charge in [-0.3, -0.25) is 4.79 Å². The van der Waals surface area contributed by atoms with Gasteiger partial charge in [-0.1, -0.05) is 0 Å². The topological polar surface area (TPSA) is 99.0 Å². The molecular weight excluding hydrogens is 270 g/mol. The molecule has 104 valence electrons. The van der Waals surface area contributed by atoms with Gasteiger partial charge in [0.1, 0.15) is 12.1 Å². The molecule has 0 radical (unpaired) electrons. The fourth-order valence-corrected chi connectivity index (χ4v) is 1.56. The van der Waals surface area contributed by atoms with E-state index in [2.05, 4.69) is 15.4 Å². The summed E-state index contributed by atoms with van der Waals surface area (Å²) < 4.78 is 6.73. The average Bonchev–Trinajstić information content (AvgIpc) is 2.97. The number of hydrogen-bond acceptors (Lipinski definition) is 5. The first-order valence-electron chi connectivity index (χ1n) is 5.64. The number of carbonyl (C=O) groups excluding carboxylic acids is 1. The molecule has 19 heavy (non-hydrogen) atoms. The summed E-state index contributed by atoms with van der Waals surface area (Å²) in [6, 6.07) is 0. The first-order chi connectivity index (χ1) is 8.65. The SMILES string of the molecule is CCn1ncc(C)c1NC(=O)c1coc(CN)n1.Cl. The van der Waals surface area contributed by atoms with E-state index < -0.39 is 0 Å². The lowest BCUT2D eigenvalue weighted by Crippen LogP contribution is -2.16. The number of halogens is 1. The second kappa shape index (κ2) is 6.35. The molecular formula is C11H16ClN5O2. The van der Waals surface area contributed by atoms with Crippen LogP contribution in [0.1, 0.15) is 28.9 Å². The highest BCUT2D eigenvalue weighted by Gasteiger charge is 2.15. The highest BCUT2D eigenvalue weighted by Crippen LogP contribution is 2.15. The molecule has 0 unspecified atom stereocenters. The van der Waals surface area contributed by atoms with Crippen molar-refractivity contribution in [2.45, 2.75) is 26.9 Å². The lowest BCUT2D eigenvalue weighted by Gasteiger charge is -2.06. The van der Waals surface area contributed by atoms with Gasteiger partial charge in [-0.15, -0.1) is 12.4 Å². The Morgan fingerprint density at radius 2 is 2.32 bits per heavy atom. The van der Waals surface area contributed by atoms with Crippen molar-refractivity contribution in [1.82, 2.24) is 14.8 Å². The molecule has 0 aliphatic rings. The number of aromatic nitrogens is 3. The fraction of sp³-hybridized carbons (Fsp3) is 0.364. The molecule has 1 amide bonds. The van der Waals surface area contributed by atoms with Gasteiger partial charge in [0.2, 0.25) is 5.89 Å². The molecule has 0 aliphatic heterocycles. The zero-order chi connectivity index (χ0) is 13.1. The van der Waals surface area contributed by atoms with Crippen LogP contribution in [0.4, 0.5) is 5.82 Å². The van der Waals surface area contributed by atoms with E-state index >= 15 is 0 Å². The van der Waals surface area contributed by atoms with Gasteiger partial charge in [-0.2, -0.15) is 5.10 Å². The van der Waals surface area contributed by atoms with E-state index in [9.17, 15) is 4.79 Å². The Labute approximate surface area is 116 Å². The summed E-state index contributed by atoms with van der Waals surface area (Å²) in [6.07, 6.45) is 2.99. The van der Waals surface area contributed by atoms with Crippen LogP contribution in [-0.2, 0) is 13.1 Å². The van der Waals surface area contributed by atoms with E-state index in [4.69, 9.17) is 10.2 Å². The van der Waals surface area contributed by atoms with Crippen LogP contribution in [-0.4, -0.2) is 20.7 Å². The molecule has 2 aromatic rings. The van der Waals surface area contributed by atoms with Crippen molar-refractivity contribution in [3.63, 3.8) is 0 Å². The molecule has 0 aliphatic carbocycles. The zero-order valence-corrected chi connectivity index (χ0v) is 11.5. The van der Waals surface area contributed by atoms with Gasteiger partial charge in [-0.05, 0) is 13.8 Å². The lowest BCUT2D eigenvalue weighted by atomic mass is 10.3.